The molecule has 0 spiro atoms. The van der Waals surface area contributed by atoms with Gasteiger partial charge in [0, 0.05) is 4.47 Å². The van der Waals surface area contributed by atoms with Gasteiger partial charge in [0.1, 0.15) is 6.54 Å². The molecule has 0 aliphatic carbocycles. The molecule has 0 aromatic heterocycles. The van der Waals surface area contributed by atoms with Crippen molar-refractivity contribution in [3.63, 3.8) is 0 Å². The number of benzene rings is 1. The Balaban J connectivity index is 3.01. The average Bonchev–Trinajstić information content (AvgIpc) is 2.23. The Hall–Kier alpha value is -1.08. The third-order valence-electron chi connectivity index (χ3n) is 2.14. The first-order valence-corrected chi connectivity index (χ1v) is 8.27. The van der Waals surface area contributed by atoms with E-state index in [1.54, 1.807) is 38.1 Å². The molecule has 0 heterocycles. The molecule has 0 bridgehead atoms. The largest absolute Gasteiger partial charge is 0.462 e. The van der Waals surface area contributed by atoms with Crippen LogP contribution < -0.4 is 4.31 Å². The van der Waals surface area contributed by atoms with E-state index in [1.165, 1.54) is 0 Å². The molecule has 106 valence electrons. The van der Waals surface area contributed by atoms with E-state index in [4.69, 9.17) is 4.74 Å². The van der Waals surface area contributed by atoms with Crippen molar-refractivity contribution >= 4 is 37.6 Å². The fourth-order valence-electron chi connectivity index (χ4n) is 1.45. The average molecular weight is 350 g/mol. The second-order valence-electron chi connectivity index (χ2n) is 4.29. The van der Waals surface area contributed by atoms with Gasteiger partial charge < -0.3 is 4.74 Å². The van der Waals surface area contributed by atoms with Crippen LogP contribution in [0.3, 0.4) is 0 Å². The highest BCUT2D eigenvalue weighted by Gasteiger charge is 2.22. The van der Waals surface area contributed by atoms with E-state index in [-0.39, 0.29) is 12.6 Å². The first-order chi connectivity index (χ1) is 8.70. The van der Waals surface area contributed by atoms with Crippen LogP contribution in [0.5, 0.6) is 0 Å². The fraction of sp³-hybridized carbons (Fsp3) is 0.417. The smallest absolute Gasteiger partial charge is 0.327 e. The fourth-order valence-corrected chi connectivity index (χ4v) is 2.67. The SMILES string of the molecule is CC(C)OC(=O)CN(c1cccc(Br)c1)S(C)(=O)=O. The van der Waals surface area contributed by atoms with Gasteiger partial charge in [0.25, 0.3) is 0 Å². The number of hydrogen-bond acceptors (Lipinski definition) is 4. The van der Waals surface area contributed by atoms with Crippen LogP contribution in [0.25, 0.3) is 0 Å². The van der Waals surface area contributed by atoms with Gasteiger partial charge in [0.2, 0.25) is 10.0 Å². The molecule has 0 N–H and O–H groups in total. The summed E-state index contributed by atoms with van der Waals surface area (Å²) in [5.74, 6) is -0.583. The van der Waals surface area contributed by atoms with Crippen LogP contribution >= 0.6 is 15.9 Å². The molecule has 7 heteroatoms. The van der Waals surface area contributed by atoms with Gasteiger partial charge in [0.05, 0.1) is 18.0 Å². The first kappa shape index (κ1) is 16.0. The number of anilines is 1. The molecule has 0 unspecified atom stereocenters. The third-order valence-corrected chi connectivity index (χ3v) is 3.77. The monoisotopic (exact) mass is 349 g/mol. The maximum absolute atomic E-state index is 11.8. The number of carbonyl (C=O) groups is 1. The first-order valence-electron chi connectivity index (χ1n) is 5.63. The lowest BCUT2D eigenvalue weighted by Crippen LogP contribution is -2.36. The Labute approximate surface area is 121 Å². The lowest BCUT2D eigenvalue weighted by Gasteiger charge is -2.22. The molecule has 1 rings (SSSR count). The molecule has 0 atom stereocenters. The molecule has 5 nitrogen and oxygen atoms in total. The summed E-state index contributed by atoms with van der Waals surface area (Å²) < 4.78 is 30.3. The zero-order valence-electron chi connectivity index (χ0n) is 11.0. The predicted molar refractivity (Wildman–Crippen MR) is 77.6 cm³/mol. The summed E-state index contributed by atoms with van der Waals surface area (Å²) in [5, 5.41) is 0. The van der Waals surface area contributed by atoms with Gasteiger partial charge in [-0.25, -0.2) is 8.42 Å². The molecular weight excluding hydrogens is 334 g/mol. The van der Waals surface area contributed by atoms with Gasteiger partial charge in [-0.2, -0.15) is 0 Å². The van der Waals surface area contributed by atoms with Crippen molar-refractivity contribution in [2.24, 2.45) is 0 Å². The van der Waals surface area contributed by atoms with Crippen LogP contribution in [0.4, 0.5) is 5.69 Å². The van der Waals surface area contributed by atoms with Crippen molar-refractivity contribution in [1.29, 1.82) is 0 Å². The highest BCUT2D eigenvalue weighted by atomic mass is 79.9. The van der Waals surface area contributed by atoms with E-state index >= 15 is 0 Å². The topological polar surface area (TPSA) is 63.7 Å². The molecule has 1 aromatic rings. The summed E-state index contributed by atoms with van der Waals surface area (Å²) in [4.78, 5) is 11.6. The molecule has 0 saturated carbocycles. The zero-order chi connectivity index (χ0) is 14.6. The van der Waals surface area contributed by atoms with Crippen molar-refractivity contribution in [3.05, 3.63) is 28.7 Å². The second kappa shape index (κ2) is 6.38. The standard InChI is InChI=1S/C12H16BrNO4S/c1-9(2)18-12(15)8-14(19(3,16)17)11-6-4-5-10(13)7-11/h4-7,9H,8H2,1-3H3. The lowest BCUT2D eigenvalue weighted by molar-refractivity contribution is -0.145. The maximum Gasteiger partial charge on any atom is 0.327 e. The zero-order valence-corrected chi connectivity index (χ0v) is 13.4. The molecule has 19 heavy (non-hydrogen) atoms. The van der Waals surface area contributed by atoms with Crippen LogP contribution in [0, 0.1) is 0 Å². The number of sulfonamides is 1. The van der Waals surface area contributed by atoms with Crippen molar-refractivity contribution in [1.82, 2.24) is 0 Å². The highest BCUT2D eigenvalue weighted by Crippen LogP contribution is 2.22. The molecule has 0 saturated heterocycles. The Morgan fingerprint density at radius 3 is 2.53 bits per heavy atom. The minimum Gasteiger partial charge on any atom is -0.462 e. The number of ether oxygens (including phenoxy) is 1. The van der Waals surface area contributed by atoms with E-state index in [1.807, 2.05) is 0 Å². The molecule has 0 radical (unpaired) electrons. The van der Waals surface area contributed by atoms with Gasteiger partial charge in [-0.3, -0.25) is 9.10 Å². The Bertz CT molecular complexity index is 557. The third kappa shape index (κ3) is 5.20. The number of carbonyl (C=O) groups excluding carboxylic acids is 1. The van der Waals surface area contributed by atoms with Gasteiger partial charge in [-0.1, -0.05) is 22.0 Å². The van der Waals surface area contributed by atoms with E-state index in [2.05, 4.69) is 15.9 Å². The van der Waals surface area contributed by atoms with Crippen LogP contribution in [0.1, 0.15) is 13.8 Å². The second-order valence-corrected chi connectivity index (χ2v) is 7.11. The van der Waals surface area contributed by atoms with E-state index in [9.17, 15) is 13.2 Å². The van der Waals surface area contributed by atoms with Crippen molar-refractivity contribution < 1.29 is 17.9 Å². The van der Waals surface area contributed by atoms with Gasteiger partial charge in [0.15, 0.2) is 0 Å². The molecule has 0 aliphatic heterocycles. The Morgan fingerprint density at radius 2 is 2.05 bits per heavy atom. The molecule has 0 aliphatic rings. The van der Waals surface area contributed by atoms with Crippen LogP contribution in [-0.4, -0.2) is 33.3 Å². The molecule has 1 aromatic carbocycles. The molecule has 0 fully saturated rings. The van der Waals surface area contributed by atoms with E-state index in [0.29, 0.717) is 5.69 Å². The maximum atomic E-state index is 11.8. The van der Waals surface area contributed by atoms with Crippen LogP contribution in [0.15, 0.2) is 28.7 Å². The number of nitrogens with zero attached hydrogens (tertiary/aromatic N) is 1. The van der Waals surface area contributed by atoms with Crippen molar-refractivity contribution in [3.8, 4) is 0 Å². The van der Waals surface area contributed by atoms with E-state index in [0.717, 1.165) is 15.0 Å². The van der Waals surface area contributed by atoms with Crippen LogP contribution in [0.2, 0.25) is 0 Å². The minimum absolute atomic E-state index is 0.281. The number of esters is 1. The van der Waals surface area contributed by atoms with Crippen molar-refractivity contribution in [2.75, 3.05) is 17.1 Å². The Kier molecular flexibility index (Phi) is 5.37. The predicted octanol–water partition coefficient (Wildman–Crippen LogP) is 2.17. The highest BCUT2D eigenvalue weighted by molar-refractivity contribution is 9.10. The van der Waals surface area contributed by atoms with Crippen molar-refractivity contribution in [2.45, 2.75) is 20.0 Å². The number of hydrogen-bond donors (Lipinski definition) is 0. The summed E-state index contributed by atoms with van der Waals surface area (Å²) in [6.45, 7) is 3.08. The summed E-state index contributed by atoms with van der Waals surface area (Å²) in [6.07, 6.45) is 0.771. The number of rotatable bonds is 5. The Morgan fingerprint density at radius 1 is 1.42 bits per heavy atom. The number of halogens is 1. The normalized spacial score (nSPS) is 11.4. The summed E-state index contributed by atoms with van der Waals surface area (Å²) in [5.41, 5.74) is 0.414. The quantitative estimate of drug-likeness (QED) is 0.764. The lowest BCUT2D eigenvalue weighted by atomic mass is 10.3. The minimum atomic E-state index is -3.55. The summed E-state index contributed by atoms with van der Waals surface area (Å²) in [7, 11) is -3.55. The van der Waals surface area contributed by atoms with Gasteiger partial charge in [-0.05, 0) is 32.0 Å². The molecular formula is C12H16BrNO4S. The molecule has 0 amide bonds. The summed E-state index contributed by atoms with van der Waals surface area (Å²) in [6, 6.07) is 6.72. The van der Waals surface area contributed by atoms with E-state index < -0.39 is 16.0 Å². The van der Waals surface area contributed by atoms with Crippen LogP contribution in [-0.2, 0) is 19.6 Å². The van der Waals surface area contributed by atoms with Gasteiger partial charge >= 0.3 is 5.97 Å². The van der Waals surface area contributed by atoms with Gasteiger partial charge in [-0.15, -0.1) is 0 Å². The summed E-state index contributed by atoms with van der Waals surface area (Å²) >= 11 is 3.27.